The van der Waals surface area contributed by atoms with Crippen molar-refractivity contribution in [2.75, 3.05) is 50.8 Å². The Kier molecular flexibility index (Phi) is 7.01. The topological polar surface area (TPSA) is 103 Å². The number of likely N-dealkylation sites (tertiary alicyclic amines) is 1. The van der Waals surface area contributed by atoms with E-state index in [0.29, 0.717) is 40.7 Å². The molecule has 1 aliphatic carbocycles. The highest BCUT2D eigenvalue weighted by Crippen LogP contribution is 2.48. The smallest absolute Gasteiger partial charge is 0.319 e. The molecule has 9 nitrogen and oxygen atoms in total. The molecule has 11 heteroatoms. The number of aromatic nitrogens is 2. The molecule has 2 bridgehead atoms. The molecular weight excluding hydrogens is 626 g/mol. The Balaban J connectivity index is 1.07. The largest absolute Gasteiger partial charge is 0.508 e. The Bertz CT molecular complexity index is 2060. The summed E-state index contributed by atoms with van der Waals surface area (Å²) in [7, 11) is 0. The first-order valence-electron chi connectivity index (χ1n) is 17.3. The van der Waals surface area contributed by atoms with Gasteiger partial charge in [0.05, 0.1) is 17.6 Å². The van der Waals surface area contributed by atoms with E-state index in [4.69, 9.17) is 16.1 Å². The van der Waals surface area contributed by atoms with Crippen molar-refractivity contribution < 1.29 is 23.4 Å². The van der Waals surface area contributed by atoms with E-state index < -0.39 is 11.6 Å². The molecule has 5 heterocycles. The van der Waals surface area contributed by atoms with Crippen LogP contribution in [0.2, 0.25) is 0 Å². The molecule has 4 saturated heterocycles. The zero-order chi connectivity index (χ0) is 33.5. The molecule has 3 N–H and O–H groups in total. The average molecular weight is 665 g/mol. The predicted octanol–water partition coefficient (Wildman–Crippen LogP) is 4.73. The molecule has 1 saturated carbocycles. The summed E-state index contributed by atoms with van der Waals surface area (Å²) in [5.74, 6) is 1.94. The fraction of sp³-hybridized carbons (Fsp3) is 0.447. The summed E-state index contributed by atoms with van der Waals surface area (Å²) in [5.41, 5.74) is 0.328. The van der Waals surface area contributed by atoms with Crippen molar-refractivity contribution in [1.82, 2.24) is 25.5 Å². The van der Waals surface area contributed by atoms with Crippen molar-refractivity contribution in [1.29, 1.82) is 0 Å². The minimum absolute atomic E-state index is 0.00486. The number of piperazine rings is 1. The van der Waals surface area contributed by atoms with Crippen molar-refractivity contribution in [2.45, 2.75) is 50.6 Å². The molecule has 1 spiro atoms. The number of ether oxygens (including phenoxy) is 1. The number of halogens is 2. The average Bonchev–Trinajstić information content (AvgIpc) is 3.79. The second kappa shape index (κ2) is 11.3. The molecule has 2 atom stereocenters. The van der Waals surface area contributed by atoms with Crippen molar-refractivity contribution in [3.05, 3.63) is 53.6 Å². The number of anilines is 1. The molecule has 4 aromatic rings. The third-order valence-corrected chi connectivity index (χ3v) is 11.7. The first kappa shape index (κ1) is 30.5. The van der Waals surface area contributed by atoms with Gasteiger partial charge in [0.25, 0.3) is 0 Å². The first-order valence-corrected chi connectivity index (χ1v) is 17.3. The summed E-state index contributed by atoms with van der Waals surface area (Å²) in [6.45, 7) is 5.34. The van der Waals surface area contributed by atoms with Crippen LogP contribution in [0.4, 0.5) is 14.6 Å². The molecule has 1 aromatic heterocycles. The summed E-state index contributed by atoms with van der Waals surface area (Å²) in [6, 6.07) is 9.90. The monoisotopic (exact) mass is 664 g/mol. The molecule has 9 rings (SSSR count). The number of carbonyl (C=O) groups is 1. The van der Waals surface area contributed by atoms with E-state index in [9.17, 15) is 14.3 Å². The van der Waals surface area contributed by atoms with Crippen molar-refractivity contribution in [3.8, 4) is 35.2 Å². The van der Waals surface area contributed by atoms with Gasteiger partial charge in [0.2, 0.25) is 5.91 Å². The number of β-lactam (4-membered cyclic amide) rings is 1. The van der Waals surface area contributed by atoms with Crippen LogP contribution in [-0.4, -0.2) is 83.8 Å². The van der Waals surface area contributed by atoms with Crippen LogP contribution in [0.1, 0.15) is 44.1 Å². The van der Waals surface area contributed by atoms with Crippen molar-refractivity contribution in [2.24, 2.45) is 10.8 Å². The Morgan fingerprint density at radius 2 is 1.80 bits per heavy atom. The van der Waals surface area contributed by atoms with Gasteiger partial charge in [-0.2, -0.15) is 9.97 Å². The van der Waals surface area contributed by atoms with Gasteiger partial charge < -0.3 is 30.3 Å². The Morgan fingerprint density at radius 3 is 2.47 bits per heavy atom. The fourth-order valence-corrected chi connectivity index (χ4v) is 8.56. The van der Waals surface area contributed by atoms with E-state index in [1.807, 2.05) is 0 Å². The summed E-state index contributed by atoms with van der Waals surface area (Å²) in [5, 5.41) is 18.6. The van der Waals surface area contributed by atoms with E-state index in [1.165, 1.54) is 24.3 Å². The highest BCUT2D eigenvalue weighted by Gasteiger charge is 2.50. The lowest BCUT2D eigenvalue weighted by atomic mass is 9.72. The van der Waals surface area contributed by atoms with Crippen LogP contribution >= 0.6 is 0 Å². The minimum Gasteiger partial charge on any atom is -0.508 e. The molecular formula is C38H38F2N6O3. The van der Waals surface area contributed by atoms with E-state index in [2.05, 4.69) is 31.3 Å². The van der Waals surface area contributed by atoms with Gasteiger partial charge in [0.15, 0.2) is 5.82 Å². The lowest BCUT2D eigenvalue weighted by Gasteiger charge is -2.47. The zero-order valence-corrected chi connectivity index (χ0v) is 27.2. The molecule has 49 heavy (non-hydrogen) atoms. The summed E-state index contributed by atoms with van der Waals surface area (Å²) < 4.78 is 38.2. The predicted molar refractivity (Wildman–Crippen MR) is 182 cm³/mol. The third kappa shape index (κ3) is 5.15. The Labute approximate surface area is 283 Å². The number of amides is 1. The van der Waals surface area contributed by atoms with E-state index in [1.54, 1.807) is 12.1 Å². The summed E-state index contributed by atoms with van der Waals surface area (Å²) in [4.78, 5) is 26.4. The van der Waals surface area contributed by atoms with Gasteiger partial charge in [-0.15, -0.1) is 6.42 Å². The van der Waals surface area contributed by atoms with E-state index in [0.717, 1.165) is 77.8 Å². The number of terminal acetylenes is 1. The van der Waals surface area contributed by atoms with Gasteiger partial charge in [-0.25, -0.2) is 8.78 Å². The van der Waals surface area contributed by atoms with Gasteiger partial charge >= 0.3 is 6.01 Å². The lowest BCUT2D eigenvalue weighted by molar-refractivity contribution is -0.144. The number of piperidine rings is 1. The number of fused-ring (bicyclic) bond motifs is 4. The van der Waals surface area contributed by atoms with Crippen LogP contribution in [0.25, 0.3) is 32.8 Å². The molecule has 5 aliphatic rings. The Hall–Kier alpha value is -4.53. The van der Waals surface area contributed by atoms with Crippen molar-refractivity contribution in [3.63, 3.8) is 0 Å². The van der Waals surface area contributed by atoms with Crippen molar-refractivity contribution >= 4 is 33.4 Å². The van der Waals surface area contributed by atoms with Crippen LogP contribution in [-0.2, 0) is 4.79 Å². The standard InChI is InChI=1S/C38H38F2N6O3/c1-2-26-30(39)8-3-22-15-25(47)16-29(31(22)26)27-6-7-28-33(32(27)40)43-36(44-34(28)46-17-23-4-5-24(18-46)42-23)49-21-37(9-10-37)20-45-13-11-38(12-14-45)19-41-35(38)48/h1,3,6-8,15-16,23-24,42,47H,4-5,9-14,17-21H2,(H,41,48). The number of hydrogen-bond donors (Lipinski definition) is 3. The number of phenolic OH excluding ortho intramolecular Hbond substituents is 1. The number of nitrogens with one attached hydrogen (secondary N) is 2. The van der Waals surface area contributed by atoms with Gasteiger partial charge in [-0.3, -0.25) is 4.79 Å². The second-order valence-electron chi connectivity index (χ2n) is 14.9. The van der Waals surface area contributed by atoms with E-state index >= 15 is 4.39 Å². The zero-order valence-electron chi connectivity index (χ0n) is 27.2. The third-order valence-electron chi connectivity index (χ3n) is 11.7. The molecule has 4 aliphatic heterocycles. The Morgan fingerprint density at radius 1 is 1.02 bits per heavy atom. The summed E-state index contributed by atoms with van der Waals surface area (Å²) >= 11 is 0. The molecule has 252 valence electrons. The number of hydrogen-bond acceptors (Lipinski definition) is 8. The molecule has 3 aromatic carbocycles. The molecule has 0 radical (unpaired) electrons. The molecule has 1 amide bonds. The van der Waals surface area contributed by atoms with Gasteiger partial charge in [-0.05, 0) is 86.8 Å². The SMILES string of the molecule is C#Cc1c(F)ccc2cc(O)cc(-c3ccc4c(N5CC6CCC(C5)N6)nc(OCC5(CN6CCC7(CC6)CNC7=O)CC5)nc4c3F)c12. The van der Waals surface area contributed by atoms with Crippen LogP contribution in [0.15, 0.2) is 36.4 Å². The maximum Gasteiger partial charge on any atom is 0.319 e. The minimum atomic E-state index is -0.619. The fourth-order valence-electron chi connectivity index (χ4n) is 8.56. The normalized spacial score (nSPS) is 23.8. The lowest BCUT2D eigenvalue weighted by Crippen LogP contribution is -2.63. The van der Waals surface area contributed by atoms with Crippen LogP contribution in [0.5, 0.6) is 11.8 Å². The first-order chi connectivity index (χ1) is 23.7. The highest BCUT2D eigenvalue weighted by atomic mass is 19.1. The quantitative estimate of drug-likeness (QED) is 0.193. The van der Waals surface area contributed by atoms with Crippen LogP contribution in [0.3, 0.4) is 0 Å². The van der Waals surface area contributed by atoms with Crippen LogP contribution in [0, 0.1) is 34.8 Å². The number of aromatic hydroxyl groups is 1. The van der Waals surface area contributed by atoms with E-state index in [-0.39, 0.29) is 50.7 Å². The van der Waals surface area contributed by atoms with Gasteiger partial charge in [0, 0.05) is 60.0 Å². The number of rotatable bonds is 7. The molecule has 2 unspecified atom stereocenters. The van der Waals surface area contributed by atoms with Gasteiger partial charge in [0.1, 0.15) is 22.9 Å². The van der Waals surface area contributed by atoms with Crippen LogP contribution < -0.4 is 20.3 Å². The number of carbonyl (C=O) groups excluding carboxylic acids is 1. The summed E-state index contributed by atoms with van der Waals surface area (Å²) in [6.07, 6.45) is 11.7. The highest BCUT2D eigenvalue weighted by molar-refractivity contribution is 6.04. The second-order valence-corrected chi connectivity index (χ2v) is 14.9. The maximum absolute atomic E-state index is 16.9. The number of nitrogens with zero attached hydrogens (tertiary/aromatic N) is 4. The maximum atomic E-state index is 16.9. The van der Waals surface area contributed by atoms with Gasteiger partial charge in [-0.1, -0.05) is 18.1 Å². The number of phenols is 1. The number of benzene rings is 3. The molecule has 5 fully saturated rings.